The molecule has 0 amide bonds. The van der Waals surface area contributed by atoms with Gasteiger partial charge in [0.05, 0.1) is 6.04 Å². The maximum absolute atomic E-state index is 6.25. The molecule has 0 saturated carbocycles. The topological polar surface area (TPSA) is 39.2 Å². The number of benzene rings is 2. The lowest BCUT2D eigenvalue weighted by Crippen LogP contribution is -2.12. The number of halogens is 1. The lowest BCUT2D eigenvalue weighted by Gasteiger charge is -2.10. The molecule has 2 aromatic carbocycles. The van der Waals surface area contributed by atoms with E-state index < -0.39 is 0 Å². The van der Waals surface area contributed by atoms with Crippen molar-refractivity contribution in [1.29, 1.82) is 0 Å². The fourth-order valence-corrected chi connectivity index (χ4v) is 2.65. The van der Waals surface area contributed by atoms with Gasteiger partial charge < -0.3 is 10.2 Å². The van der Waals surface area contributed by atoms with Gasteiger partial charge in [0.15, 0.2) is 0 Å². The van der Waals surface area contributed by atoms with E-state index in [1.807, 2.05) is 55.5 Å². The van der Waals surface area contributed by atoms with E-state index in [-0.39, 0.29) is 6.04 Å². The van der Waals surface area contributed by atoms with Crippen LogP contribution in [0.4, 0.5) is 0 Å². The number of furan rings is 1. The summed E-state index contributed by atoms with van der Waals surface area (Å²) in [5.74, 6) is 0.794. The van der Waals surface area contributed by atoms with Crippen molar-refractivity contribution in [3.05, 3.63) is 70.4 Å². The van der Waals surface area contributed by atoms with Crippen LogP contribution in [0.25, 0.3) is 11.0 Å². The minimum atomic E-state index is -0.192. The molecule has 0 bridgehead atoms. The summed E-state index contributed by atoms with van der Waals surface area (Å²) in [5, 5.41) is 1.84. The van der Waals surface area contributed by atoms with Crippen LogP contribution in [0.5, 0.6) is 0 Å². The van der Waals surface area contributed by atoms with Crippen LogP contribution in [-0.2, 0) is 6.42 Å². The Hall–Kier alpha value is -1.77. The van der Waals surface area contributed by atoms with Gasteiger partial charge in [0.2, 0.25) is 0 Å². The van der Waals surface area contributed by atoms with E-state index in [0.717, 1.165) is 32.9 Å². The summed E-state index contributed by atoms with van der Waals surface area (Å²) in [7, 11) is 0. The van der Waals surface area contributed by atoms with Crippen LogP contribution >= 0.6 is 11.6 Å². The Labute approximate surface area is 123 Å². The Bertz CT molecular complexity index is 715. The Kier molecular flexibility index (Phi) is 3.51. The molecule has 0 spiro atoms. The van der Waals surface area contributed by atoms with E-state index in [1.54, 1.807) is 0 Å². The lowest BCUT2D eigenvalue weighted by molar-refractivity contribution is 0.494. The average molecular weight is 286 g/mol. The number of nitrogens with two attached hydrogens (primary N) is 1. The molecule has 3 aromatic rings. The molecule has 0 fully saturated rings. The number of aryl methyl sites for hydroxylation is 1. The first-order valence-electron chi connectivity index (χ1n) is 6.62. The molecular weight excluding hydrogens is 270 g/mol. The number of rotatable bonds is 3. The summed E-state index contributed by atoms with van der Waals surface area (Å²) >= 11 is 6.25. The van der Waals surface area contributed by atoms with E-state index in [4.69, 9.17) is 21.8 Å². The van der Waals surface area contributed by atoms with Crippen LogP contribution in [0.3, 0.4) is 0 Å². The van der Waals surface area contributed by atoms with E-state index in [0.29, 0.717) is 6.42 Å². The summed E-state index contributed by atoms with van der Waals surface area (Å²) in [6, 6.07) is 15.8. The SMILES string of the molecule is Cc1ccc(CC(N)c2cc3ccccc3o2)c(Cl)c1. The van der Waals surface area contributed by atoms with Crippen LogP contribution in [0.2, 0.25) is 5.02 Å². The number of hydrogen-bond donors (Lipinski definition) is 1. The molecule has 20 heavy (non-hydrogen) atoms. The first-order chi connectivity index (χ1) is 9.63. The zero-order chi connectivity index (χ0) is 14.1. The summed E-state index contributed by atoms with van der Waals surface area (Å²) in [6.45, 7) is 2.02. The second-order valence-electron chi connectivity index (χ2n) is 5.09. The maximum Gasteiger partial charge on any atom is 0.134 e. The maximum atomic E-state index is 6.25. The molecule has 1 heterocycles. The predicted molar refractivity (Wildman–Crippen MR) is 83.0 cm³/mol. The minimum absolute atomic E-state index is 0.192. The van der Waals surface area contributed by atoms with Crippen molar-refractivity contribution in [3.8, 4) is 0 Å². The van der Waals surface area contributed by atoms with Crippen LogP contribution in [0.15, 0.2) is 52.9 Å². The third kappa shape index (κ3) is 2.58. The van der Waals surface area contributed by atoms with Crippen LogP contribution in [-0.4, -0.2) is 0 Å². The zero-order valence-electron chi connectivity index (χ0n) is 11.3. The van der Waals surface area contributed by atoms with E-state index in [1.165, 1.54) is 0 Å². The Morgan fingerprint density at radius 2 is 1.95 bits per heavy atom. The molecule has 0 saturated heterocycles. The number of fused-ring (bicyclic) bond motifs is 1. The van der Waals surface area contributed by atoms with Crippen LogP contribution in [0.1, 0.15) is 22.9 Å². The van der Waals surface area contributed by atoms with Crippen molar-refractivity contribution < 1.29 is 4.42 Å². The van der Waals surface area contributed by atoms with Gasteiger partial charge in [-0.25, -0.2) is 0 Å². The van der Waals surface area contributed by atoms with Gasteiger partial charge in [-0.15, -0.1) is 0 Å². The van der Waals surface area contributed by atoms with Crippen LogP contribution < -0.4 is 5.73 Å². The molecule has 1 aromatic heterocycles. The van der Waals surface area contributed by atoms with Gasteiger partial charge in [0.25, 0.3) is 0 Å². The molecule has 2 N–H and O–H groups in total. The molecule has 0 radical (unpaired) electrons. The minimum Gasteiger partial charge on any atom is -0.459 e. The van der Waals surface area contributed by atoms with E-state index in [9.17, 15) is 0 Å². The fourth-order valence-electron chi connectivity index (χ4n) is 2.34. The van der Waals surface area contributed by atoms with Crippen molar-refractivity contribution in [2.75, 3.05) is 0 Å². The highest BCUT2D eigenvalue weighted by molar-refractivity contribution is 6.31. The smallest absolute Gasteiger partial charge is 0.134 e. The third-order valence-electron chi connectivity index (χ3n) is 3.46. The monoisotopic (exact) mass is 285 g/mol. The number of hydrogen-bond acceptors (Lipinski definition) is 2. The van der Waals surface area contributed by atoms with Crippen molar-refractivity contribution in [1.82, 2.24) is 0 Å². The molecule has 3 heteroatoms. The second-order valence-corrected chi connectivity index (χ2v) is 5.50. The Morgan fingerprint density at radius 3 is 2.70 bits per heavy atom. The normalized spacial score (nSPS) is 12.8. The average Bonchev–Trinajstić information content (AvgIpc) is 2.86. The molecule has 0 aliphatic carbocycles. The summed E-state index contributed by atoms with van der Waals surface area (Å²) in [5.41, 5.74) is 9.31. The highest BCUT2D eigenvalue weighted by Crippen LogP contribution is 2.27. The first kappa shape index (κ1) is 13.2. The van der Waals surface area contributed by atoms with Crippen LogP contribution in [0, 0.1) is 6.92 Å². The van der Waals surface area contributed by atoms with Crippen molar-refractivity contribution in [2.24, 2.45) is 5.73 Å². The van der Waals surface area contributed by atoms with Crippen molar-refractivity contribution in [3.63, 3.8) is 0 Å². The Balaban J connectivity index is 1.86. The lowest BCUT2D eigenvalue weighted by atomic mass is 10.0. The third-order valence-corrected chi connectivity index (χ3v) is 3.81. The summed E-state index contributed by atoms with van der Waals surface area (Å²) < 4.78 is 5.80. The highest BCUT2D eigenvalue weighted by atomic mass is 35.5. The van der Waals surface area contributed by atoms with Gasteiger partial charge in [-0.3, -0.25) is 0 Å². The van der Waals surface area contributed by atoms with Gasteiger partial charge in [-0.05, 0) is 42.7 Å². The molecule has 2 nitrogen and oxygen atoms in total. The second kappa shape index (κ2) is 5.31. The van der Waals surface area contributed by atoms with Gasteiger partial charge in [0, 0.05) is 10.4 Å². The van der Waals surface area contributed by atoms with E-state index in [2.05, 4.69) is 0 Å². The largest absolute Gasteiger partial charge is 0.459 e. The molecule has 0 aliphatic rings. The fraction of sp³-hybridized carbons (Fsp3) is 0.176. The zero-order valence-corrected chi connectivity index (χ0v) is 12.0. The molecule has 0 aliphatic heterocycles. The standard InChI is InChI=1S/C17H16ClNO/c1-11-6-7-12(14(18)8-11)9-15(19)17-10-13-4-2-3-5-16(13)20-17/h2-8,10,15H,9,19H2,1H3. The quantitative estimate of drug-likeness (QED) is 0.761. The highest BCUT2D eigenvalue weighted by Gasteiger charge is 2.14. The van der Waals surface area contributed by atoms with Crippen molar-refractivity contribution >= 4 is 22.6 Å². The molecule has 102 valence electrons. The number of para-hydroxylation sites is 1. The van der Waals surface area contributed by atoms with Gasteiger partial charge in [0.1, 0.15) is 11.3 Å². The van der Waals surface area contributed by atoms with Gasteiger partial charge >= 0.3 is 0 Å². The first-order valence-corrected chi connectivity index (χ1v) is 7.00. The summed E-state index contributed by atoms with van der Waals surface area (Å²) in [4.78, 5) is 0. The molecule has 1 atom stereocenters. The predicted octanol–water partition coefficient (Wildman–Crippen LogP) is 4.64. The summed E-state index contributed by atoms with van der Waals surface area (Å²) in [6.07, 6.45) is 0.666. The van der Waals surface area contributed by atoms with E-state index >= 15 is 0 Å². The molecule has 3 rings (SSSR count). The van der Waals surface area contributed by atoms with Gasteiger partial charge in [-0.1, -0.05) is 41.9 Å². The molecular formula is C17H16ClNO. The Morgan fingerprint density at radius 1 is 1.15 bits per heavy atom. The van der Waals surface area contributed by atoms with Gasteiger partial charge in [-0.2, -0.15) is 0 Å². The molecule has 1 unspecified atom stereocenters. The van der Waals surface area contributed by atoms with Crippen molar-refractivity contribution in [2.45, 2.75) is 19.4 Å².